The molecule has 0 atom stereocenters. The quantitative estimate of drug-likeness (QED) is 0.342. The van der Waals surface area contributed by atoms with Gasteiger partial charge in [-0.1, -0.05) is 65.4 Å². The Kier molecular flexibility index (Phi) is 7.01. The molecule has 5 nitrogen and oxygen atoms in total. The molecule has 0 spiro atoms. The molecule has 1 aliphatic heterocycles. The summed E-state index contributed by atoms with van der Waals surface area (Å²) >= 11 is 18.5. The zero-order valence-corrected chi connectivity index (χ0v) is 19.7. The number of carbonyl (C=O) groups excluding carboxylic acids is 2. The molecule has 9 heteroatoms. The number of amides is 2. The molecule has 1 aromatic heterocycles. The molecular weight excluding hydrogens is 487 g/mol. The van der Waals surface area contributed by atoms with Crippen molar-refractivity contribution in [2.24, 2.45) is 0 Å². The molecule has 0 saturated carbocycles. The van der Waals surface area contributed by atoms with Crippen molar-refractivity contribution in [3.8, 4) is 11.3 Å². The molecule has 4 rings (SSSR count). The van der Waals surface area contributed by atoms with E-state index in [1.165, 1.54) is 4.90 Å². The first-order valence-corrected chi connectivity index (χ1v) is 11.5. The highest BCUT2D eigenvalue weighted by Gasteiger charge is 2.33. The Hall–Kier alpha value is -2.58. The van der Waals surface area contributed by atoms with Crippen LogP contribution in [0, 0.1) is 0 Å². The van der Waals surface area contributed by atoms with Gasteiger partial charge in [0.2, 0.25) is 5.91 Å². The number of hydrogen-bond acceptors (Lipinski definition) is 5. The van der Waals surface area contributed by atoms with Crippen LogP contribution in [0.15, 0.2) is 70.0 Å². The van der Waals surface area contributed by atoms with Gasteiger partial charge in [0.25, 0.3) is 5.91 Å². The van der Waals surface area contributed by atoms with Gasteiger partial charge in [0.1, 0.15) is 22.4 Å². The summed E-state index contributed by atoms with van der Waals surface area (Å²) in [7, 11) is 0. The van der Waals surface area contributed by atoms with Crippen molar-refractivity contribution in [3.05, 3.63) is 86.9 Å². The zero-order valence-electron chi connectivity index (χ0n) is 16.5. The standard InChI is InChI=1S/C23H16Cl2N2O3S2/c24-16-7-5-14(6-8-16)19-10-9-17(30-19)11-20-22(29)27(23(31)32-20)13-21(28)26-12-15-3-1-2-4-18(15)25/h1-11H,12-13H2,(H,26,28)/b20-11-. The van der Waals surface area contributed by atoms with Gasteiger partial charge < -0.3 is 9.73 Å². The van der Waals surface area contributed by atoms with Crippen molar-refractivity contribution < 1.29 is 14.0 Å². The smallest absolute Gasteiger partial charge is 0.266 e. The predicted octanol–water partition coefficient (Wildman–Crippen LogP) is 5.77. The van der Waals surface area contributed by atoms with Crippen LogP contribution in [0.5, 0.6) is 0 Å². The van der Waals surface area contributed by atoms with Gasteiger partial charge in [-0.2, -0.15) is 0 Å². The zero-order chi connectivity index (χ0) is 22.7. The largest absolute Gasteiger partial charge is 0.457 e. The van der Waals surface area contributed by atoms with E-state index in [0.717, 1.165) is 22.9 Å². The van der Waals surface area contributed by atoms with E-state index < -0.39 is 0 Å². The first kappa shape index (κ1) is 22.6. The fourth-order valence-electron chi connectivity index (χ4n) is 3.00. The van der Waals surface area contributed by atoms with Crippen molar-refractivity contribution in [1.29, 1.82) is 0 Å². The van der Waals surface area contributed by atoms with E-state index >= 15 is 0 Å². The third kappa shape index (κ3) is 5.24. The van der Waals surface area contributed by atoms with Crippen molar-refractivity contribution in [1.82, 2.24) is 10.2 Å². The molecule has 162 valence electrons. The lowest BCUT2D eigenvalue weighted by molar-refractivity contribution is -0.128. The first-order valence-electron chi connectivity index (χ1n) is 9.52. The number of carbonyl (C=O) groups is 2. The maximum absolute atomic E-state index is 12.8. The van der Waals surface area contributed by atoms with E-state index in [1.807, 2.05) is 36.4 Å². The number of nitrogens with zero attached hydrogens (tertiary/aromatic N) is 1. The molecule has 3 aromatic rings. The normalized spacial score (nSPS) is 14.9. The Morgan fingerprint density at radius 2 is 1.84 bits per heavy atom. The number of halogens is 2. The number of hydrogen-bond donors (Lipinski definition) is 1. The van der Waals surface area contributed by atoms with Gasteiger partial charge in [-0.05, 0) is 48.0 Å². The Morgan fingerprint density at radius 1 is 1.09 bits per heavy atom. The minimum absolute atomic E-state index is 0.166. The molecule has 0 radical (unpaired) electrons. The van der Waals surface area contributed by atoms with Gasteiger partial charge >= 0.3 is 0 Å². The molecule has 0 bridgehead atoms. The predicted molar refractivity (Wildman–Crippen MR) is 132 cm³/mol. The van der Waals surface area contributed by atoms with Crippen molar-refractivity contribution in [2.45, 2.75) is 6.54 Å². The molecule has 2 aromatic carbocycles. The molecule has 1 aliphatic rings. The topological polar surface area (TPSA) is 62.6 Å². The lowest BCUT2D eigenvalue weighted by atomic mass is 10.2. The van der Waals surface area contributed by atoms with Crippen LogP contribution in [-0.2, 0) is 16.1 Å². The molecular formula is C23H16Cl2N2O3S2. The summed E-state index contributed by atoms with van der Waals surface area (Å²) in [6, 6.07) is 18.1. The second-order valence-corrected chi connectivity index (χ2v) is 9.36. The molecule has 2 heterocycles. The third-order valence-corrected chi connectivity index (χ3v) is 6.64. The first-order chi connectivity index (χ1) is 15.4. The Morgan fingerprint density at radius 3 is 2.59 bits per heavy atom. The van der Waals surface area contributed by atoms with Crippen LogP contribution in [0.4, 0.5) is 0 Å². The molecule has 1 N–H and O–H groups in total. The Bertz CT molecular complexity index is 1220. The second-order valence-electron chi connectivity index (χ2n) is 6.84. The lowest BCUT2D eigenvalue weighted by Crippen LogP contribution is -2.39. The summed E-state index contributed by atoms with van der Waals surface area (Å²) < 4.78 is 6.15. The molecule has 2 amide bonds. The van der Waals surface area contributed by atoms with Gasteiger partial charge in [-0.15, -0.1) is 0 Å². The van der Waals surface area contributed by atoms with E-state index in [4.69, 9.17) is 39.8 Å². The molecule has 32 heavy (non-hydrogen) atoms. The summed E-state index contributed by atoms with van der Waals surface area (Å²) in [5, 5.41) is 3.97. The van der Waals surface area contributed by atoms with Crippen LogP contribution in [0.2, 0.25) is 10.0 Å². The number of rotatable bonds is 6. The highest BCUT2D eigenvalue weighted by atomic mass is 35.5. The van der Waals surface area contributed by atoms with Gasteiger partial charge in [-0.3, -0.25) is 14.5 Å². The summed E-state index contributed by atoms with van der Waals surface area (Å²) in [6.45, 7) is 0.101. The third-order valence-electron chi connectivity index (χ3n) is 4.64. The highest BCUT2D eigenvalue weighted by molar-refractivity contribution is 8.26. The van der Waals surface area contributed by atoms with Crippen LogP contribution >= 0.6 is 47.2 Å². The SMILES string of the molecule is O=C(CN1C(=O)/C(=C/c2ccc(-c3ccc(Cl)cc3)o2)SC1=S)NCc1ccccc1Cl. The van der Waals surface area contributed by atoms with Crippen LogP contribution in [0.1, 0.15) is 11.3 Å². The van der Waals surface area contributed by atoms with Crippen molar-refractivity contribution >= 4 is 69.4 Å². The monoisotopic (exact) mass is 502 g/mol. The minimum atomic E-state index is -0.336. The van der Waals surface area contributed by atoms with Crippen LogP contribution in [0.3, 0.4) is 0 Å². The van der Waals surface area contributed by atoms with Crippen LogP contribution in [-0.4, -0.2) is 27.6 Å². The fraction of sp³-hybridized carbons (Fsp3) is 0.0870. The molecule has 0 aliphatic carbocycles. The molecule has 1 fully saturated rings. The average molecular weight is 503 g/mol. The van der Waals surface area contributed by atoms with E-state index in [1.54, 1.807) is 30.3 Å². The number of thiocarbonyl (C=S) groups is 1. The Balaban J connectivity index is 1.40. The number of furan rings is 1. The fourth-order valence-corrected chi connectivity index (χ4v) is 4.56. The maximum Gasteiger partial charge on any atom is 0.266 e. The summed E-state index contributed by atoms with van der Waals surface area (Å²) in [5.41, 5.74) is 1.67. The molecule has 0 unspecified atom stereocenters. The maximum atomic E-state index is 12.8. The second kappa shape index (κ2) is 9.92. The van der Waals surface area contributed by atoms with E-state index in [-0.39, 0.29) is 24.9 Å². The van der Waals surface area contributed by atoms with Gasteiger partial charge in [-0.25, -0.2) is 0 Å². The highest BCUT2D eigenvalue weighted by Crippen LogP contribution is 2.33. The van der Waals surface area contributed by atoms with E-state index in [2.05, 4.69) is 5.32 Å². The van der Waals surface area contributed by atoms with Crippen LogP contribution in [0.25, 0.3) is 17.4 Å². The van der Waals surface area contributed by atoms with Crippen LogP contribution < -0.4 is 5.32 Å². The summed E-state index contributed by atoms with van der Waals surface area (Å²) in [5.74, 6) is 0.504. The summed E-state index contributed by atoms with van der Waals surface area (Å²) in [4.78, 5) is 26.8. The number of nitrogens with one attached hydrogen (secondary N) is 1. The van der Waals surface area contributed by atoms with Gasteiger partial charge in [0.15, 0.2) is 0 Å². The van der Waals surface area contributed by atoms with E-state index in [9.17, 15) is 9.59 Å². The lowest BCUT2D eigenvalue weighted by Gasteiger charge is -2.14. The number of benzene rings is 2. The van der Waals surface area contributed by atoms with Gasteiger partial charge in [0.05, 0.1) is 4.91 Å². The Labute approximate surface area is 204 Å². The summed E-state index contributed by atoms with van der Waals surface area (Å²) in [6.07, 6.45) is 1.63. The average Bonchev–Trinajstić information content (AvgIpc) is 3.34. The van der Waals surface area contributed by atoms with E-state index in [0.29, 0.717) is 30.8 Å². The minimum Gasteiger partial charge on any atom is -0.457 e. The van der Waals surface area contributed by atoms with Crippen molar-refractivity contribution in [2.75, 3.05) is 6.54 Å². The van der Waals surface area contributed by atoms with Gasteiger partial charge in [0, 0.05) is 28.2 Å². The number of thioether (sulfide) groups is 1. The van der Waals surface area contributed by atoms with Crippen molar-refractivity contribution in [3.63, 3.8) is 0 Å². The molecule has 1 saturated heterocycles.